The Balaban J connectivity index is 0.000000810. The molecule has 0 aliphatic heterocycles. The molecule has 0 amide bonds. The van der Waals surface area contributed by atoms with Crippen LogP contribution in [0, 0.1) is 11.5 Å². The molecule has 0 bridgehead atoms. The summed E-state index contributed by atoms with van der Waals surface area (Å²) in [6.07, 6.45) is 4.94. The van der Waals surface area contributed by atoms with Gasteiger partial charge in [0.25, 0.3) is 0 Å². The summed E-state index contributed by atoms with van der Waals surface area (Å²) >= 11 is 5.44. The maximum absolute atomic E-state index is 5.44. The topological polar surface area (TPSA) is 0 Å². The third kappa shape index (κ3) is 3.15. The molecule has 0 unspecified atom stereocenters. The number of rotatable bonds is 0. The van der Waals surface area contributed by atoms with Gasteiger partial charge >= 0.3 is 18.9 Å². The van der Waals surface area contributed by atoms with Crippen molar-refractivity contribution in [1.29, 1.82) is 0 Å². The van der Waals surface area contributed by atoms with Crippen molar-refractivity contribution in [2.24, 2.45) is 5.92 Å². The summed E-state index contributed by atoms with van der Waals surface area (Å²) in [5, 5.41) is 0. The molecule has 0 heterocycles. The van der Waals surface area contributed by atoms with E-state index in [2.05, 4.69) is 12.5 Å². The summed E-state index contributed by atoms with van der Waals surface area (Å²) in [6, 6.07) is 0. The Bertz CT molecular complexity index is 110. The fraction of sp³-hybridized carbons (Fsp3) is 0.750. The molecule has 10 heavy (non-hydrogen) atoms. The second-order valence-corrected chi connectivity index (χ2v) is 3.07. The molecule has 0 aromatic rings. The Hall–Kier alpha value is 0.627. The van der Waals surface area contributed by atoms with Crippen LogP contribution in [-0.4, -0.2) is 0 Å². The van der Waals surface area contributed by atoms with Crippen LogP contribution >= 0.6 is 11.6 Å². The summed E-state index contributed by atoms with van der Waals surface area (Å²) < 4.78 is 0. The van der Waals surface area contributed by atoms with E-state index in [1.54, 1.807) is 0 Å². The Kier molecular flexibility index (Phi) is 5.63. The van der Waals surface area contributed by atoms with Crippen molar-refractivity contribution in [3.05, 3.63) is 11.1 Å². The molecule has 1 fully saturated rings. The van der Waals surface area contributed by atoms with Gasteiger partial charge in [0.2, 0.25) is 0 Å². The van der Waals surface area contributed by atoms with Crippen molar-refractivity contribution >= 4 is 11.6 Å². The SMILES string of the molecule is CC1CCC(=[C-]Cl)CC1.[Li+]. The molecule has 1 saturated carbocycles. The summed E-state index contributed by atoms with van der Waals surface area (Å²) in [6.45, 7) is 2.30. The molecular weight excluding hydrogens is 138 g/mol. The average Bonchev–Trinajstić information content (AvgIpc) is 1.90. The van der Waals surface area contributed by atoms with Crippen LogP contribution in [-0.2, 0) is 0 Å². The first kappa shape index (κ1) is 10.6. The van der Waals surface area contributed by atoms with Crippen LogP contribution in [0.3, 0.4) is 0 Å². The second-order valence-electron chi connectivity index (χ2n) is 2.88. The third-order valence-electron chi connectivity index (χ3n) is 2.01. The maximum atomic E-state index is 5.44. The van der Waals surface area contributed by atoms with Gasteiger partial charge in [-0.3, -0.25) is 0 Å². The van der Waals surface area contributed by atoms with Gasteiger partial charge in [-0.1, -0.05) is 19.8 Å². The van der Waals surface area contributed by atoms with Gasteiger partial charge in [0, 0.05) is 0 Å². The summed E-state index contributed by atoms with van der Waals surface area (Å²) in [4.78, 5) is 0. The van der Waals surface area contributed by atoms with Crippen LogP contribution in [0.2, 0.25) is 0 Å². The first-order valence-electron chi connectivity index (χ1n) is 3.54. The van der Waals surface area contributed by atoms with Crippen molar-refractivity contribution in [2.45, 2.75) is 32.6 Å². The Morgan fingerprint density at radius 2 is 1.90 bits per heavy atom. The van der Waals surface area contributed by atoms with Gasteiger partial charge in [-0.05, 0) is 18.8 Å². The third-order valence-corrected chi connectivity index (χ3v) is 2.28. The van der Waals surface area contributed by atoms with Gasteiger partial charge in [0.1, 0.15) is 0 Å². The van der Waals surface area contributed by atoms with Gasteiger partial charge in [0.05, 0.1) is 0 Å². The minimum absolute atomic E-state index is 0. The summed E-state index contributed by atoms with van der Waals surface area (Å²) in [5.41, 5.74) is 4.03. The average molecular weight is 151 g/mol. The predicted octanol–water partition coefficient (Wildman–Crippen LogP) is 0.126. The molecule has 0 atom stereocenters. The molecule has 0 saturated heterocycles. The molecule has 2 heteroatoms. The van der Waals surface area contributed by atoms with E-state index < -0.39 is 0 Å². The van der Waals surface area contributed by atoms with Crippen LogP contribution in [0.5, 0.6) is 0 Å². The first-order valence-corrected chi connectivity index (χ1v) is 3.92. The van der Waals surface area contributed by atoms with E-state index >= 15 is 0 Å². The van der Waals surface area contributed by atoms with Crippen molar-refractivity contribution in [3.8, 4) is 0 Å². The molecule has 1 rings (SSSR count). The normalized spacial score (nSPS) is 25.4. The van der Waals surface area contributed by atoms with E-state index in [4.69, 9.17) is 11.6 Å². The maximum Gasteiger partial charge on any atom is 1.00 e. The van der Waals surface area contributed by atoms with Gasteiger partial charge in [-0.25, -0.2) is 5.57 Å². The van der Waals surface area contributed by atoms with Crippen molar-refractivity contribution in [3.63, 3.8) is 0 Å². The van der Waals surface area contributed by atoms with Crippen LogP contribution in [0.4, 0.5) is 0 Å². The number of allylic oxidation sites excluding steroid dienone is 1. The summed E-state index contributed by atoms with van der Waals surface area (Å²) in [7, 11) is 0. The zero-order valence-electron chi connectivity index (χ0n) is 6.78. The second kappa shape index (κ2) is 5.30. The van der Waals surface area contributed by atoms with E-state index in [0.29, 0.717) is 0 Å². The molecule has 52 valence electrons. The van der Waals surface area contributed by atoms with E-state index in [-0.39, 0.29) is 18.9 Å². The number of halogens is 1. The molecular formula is C8H12ClLi. The Morgan fingerprint density at radius 3 is 2.30 bits per heavy atom. The quantitative estimate of drug-likeness (QED) is 0.340. The zero-order valence-corrected chi connectivity index (χ0v) is 7.54. The number of hydrogen-bond donors (Lipinski definition) is 0. The molecule has 0 nitrogen and oxygen atoms in total. The predicted molar refractivity (Wildman–Crippen MR) is 40.2 cm³/mol. The monoisotopic (exact) mass is 150 g/mol. The van der Waals surface area contributed by atoms with E-state index in [1.807, 2.05) is 0 Å². The molecule has 0 radical (unpaired) electrons. The zero-order chi connectivity index (χ0) is 6.69. The van der Waals surface area contributed by atoms with E-state index in [1.165, 1.54) is 31.3 Å². The molecule has 0 spiro atoms. The van der Waals surface area contributed by atoms with Crippen LogP contribution < -0.4 is 18.9 Å². The fourth-order valence-corrected chi connectivity index (χ4v) is 1.39. The minimum atomic E-state index is 0. The first-order chi connectivity index (χ1) is 4.33. The fourth-order valence-electron chi connectivity index (χ4n) is 1.21. The smallest absolute Gasteiger partial charge is 0.399 e. The van der Waals surface area contributed by atoms with E-state index in [9.17, 15) is 0 Å². The molecule has 0 aromatic carbocycles. The Morgan fingerprint density at radius 1 is 1.40 bits per heavy atom. The molecule has 0 aromatic heterocycles. The standard InChI is InChI=1S/C8H12Cl.Li/c1-7-2-4-8(6-9)5-3-7;/h7H,2-5H2,1H3;/q-1;+1. The van der Waals surface area contributed by atoms with Gasteiger partial charge in [0.15, 0.2) is 0 Å². The largest absolute Gasteiger partial charge is 1.00 e. The van der Waals surface area contributed by atoms with Gasteiger partial charge < -0.3 is 17.1 Å². The van der Waals surface area contributed by atoms with Crippen LogP contribution in [0.25, 0.3) is 0 Å². The molecule has 1 aliphatic rings. The summed E-state index contributed by atoms with van der Waals surface area (Å²) in [5.74, 6) is 0.902. The minimum Gasteiger partial charge on any atom is -0.399 e. The number of hydrogen-bond acceptors (Lipinski definition) is 0. The Labute approximate surface area is 80.2 Å². The van der Waals surface area contributed by atoms with Crippen LogP contribution in [0.15, 0.2) is 5.57 Å². The van der Waals surface area contributed by atoms with Crippen molar-refractivity contribution in [2.75, 3.05) is 0 Å². The van der Waals surface area contributed by atoms with Crippen molar-refractivity contribution in [1.82, 2.24) is 0 Å². The molecule has 0 N–H and O–H groups in total. The van der Waals surface area contributed by atoms with Gasteiger partial charge in [-0.15, -0.1) is 0 Å². The van der Waals surface area contributed by atoms with Gasteiger partial charge in [-0.2, -0.15) is 0 Å². The van der Waals surface area contributed by atoms with E-state index in [0.717, 1.165) is 5.92 Å². The van der Waals surface area contributed by atoms with Crippen molar-refractivity contribution < 1.29 is 18.9 Å². The van der Waals surface area contributed by atoms with Crippen LogP contribution in [0.1, 0.15) is 32.6 Å². The molecule has 1 aliphatic carbocycles.